The van der Waals surface area contributed by atoms with Gasteiger partial charge < -0.3 is 16.8 Å². The maximum atomic E-state index is 13.7. The summed E-state index contributed by atoms with van der Waals surface area (Å²) in [5.41, 5.74) is 11.2. The lowest BCUT2D eigenvalue weighted by molar-refractivity contribution is 0.629. The molecular formula is C17H15ClFN9O. The summed E-state index contributed by atoms with van der Waals surface area (Å²) in [6.45, 7) is 1.74. The predicted octanol–water partition coefficient (Wildman–Crippen LogP) is 2.03. The van der Waals surface area contributed by atoms with E-state index in [9.17, 15) is 9.18 Å². The number of hydrogen-bond acceptors (Lipinski definition) is 8. The van der Waals surface area contributed by atoms with Gasteiger partial charge in [0.05, 0.1) is 23.1 Å². The fourth-order valence-electron chi connectivity index (χ4n) is 2.92. The average molecular weight is 416 g/mol. The Labute approximate surface area is 167 Å². The van der Waals surface area contributed by atoms with Crippen molar-refractivity contribution in [2.75, 3.05) is 16.8 Å². The molecule has 6 N–H and O–H groups in total. The SMILES string of the molecule is C[C@H](Nc1nc(N)nc(N)c1Cl)c1nc2ccc(F)cc2c(=O)n1-c1ccn[nH]1. The van der Waals surface area contributed by atoms with Crippen molar-refractivity contribution < 1.29 is 4.39 Å². The molecule has 4 aromatic rings. The number of anilines is 3. The first kappa shape index (κ1) is 18.6. The van der Waals surface area contributed by atoms with E-state index in [2.05, 4.69) is 30.5 Å². The van der Waals surface area contributed by atoms with Crippen LogP contribution in [0.3, 0.4) is 0 Å². The van der Waals surface area contributed by atoms with Crippen molar-refractivity contribution in [2.45, 2.75) is 13.0 Å². The Balaban J connectivity index is 1.90. The zero-order valence-electron chi connectivity index (χ0n) is 15.0. The van der Waals surface area contributed by atoms with E-state index < -0.39 is 17.4 Å². The number of halogens is 2. The molecule has 0 amide bonds. The molecule has 0 aliphatic rings. The molecule has 0 saturated carbocycles. The summed E-state index contributed by atoms with van der Waals surface area (Å²) in [5, 5.41) is 9.86. The van der Waals surface area contributed by atoms with Gasteiger partial charge in [-0.25, -0.2) is 13.9 Å². The van der Waals surface area contributed by atoms with E-state index >= 15 is 0 Å². The highest BCUT2D eigenvalue weighted by atomic mass is 35.5. The van der Waals surface area contributed by atoms with Gasteiger partial charge in [0.25, 0.3) is 5.56 Å². The Morgan fingerprint density at radius 2 is 2.03 bits per heavy atom. The standard InChI is InChI=1S/C17H15ClFN9O/c1-7(23-14-12(18)13(20)25-17(21)26-14)15-24-10-3-2-8(19)6-9(10)16(29)28(15)11-4-5-22-27-11/h2-7H,1H3,(H,22,27)(H5,20,21,23,25,26)/t7-/m0/s1. The van der Waals surface area contributed by atoms with Gasteiger partial charge in [-0.2, -0.15) is 15.1 Å². The van der Waals surface area contributed by atoms with Crippen molar-refractivity contribution in [3.63, 3.8) is 0 Å². The van der Waals surface area contributed by atoms with Crippen molar-refractivity contribution >= 4 is 40.1 Å². The summed E-state index contributed by atoms with van der Waals surface area (Å²) in [4.78, 5) is 25.5. The molecule has 4 rings (SSSR count). The van der Waals surface area contributed by atoms with Crippen molar-refractivity contribution in [1.82, 2.24) is 29.7 Å². The summed E-state index contributed by atoms with van der Waals surface area (Å²) < 4.78 is 15.0. The molecule has 0 saturated heterocycles. The van der Waals surface area contributed by atoms with Gasteiger partial charge in [0, 0.05) is 6.07 Å². The second-order valence-electron chi connectivity index (χ2n) is 6.21. The number of nitrogens with two attached hydrogens (primary N) is 2. The topological polar surface area (TPSA) is 153 Å². The van der Waals surface area contributed by atoms with E-state index in [0.717, 1.165) is 6.07 Å². The summed E-state index contributed by atoms with van der Waals surface area (Å²) >= 11 is 6.16. The van der Waals surface area contributed by atoms with Crippen LogP contribution in [0, 0.1) is 5.82 Å². The van der Waals surface area contributed by atoms with Gasteiger partial charge in [-0.1, -0.05) is 11.6 Å². The molecule has 0 bridgehead atoms. The van der Waals surface area contributed by atoms with Gasteiger partial charge in [0.2, 0.25) is 5.95 Å². The maximum Gasteiger partial charge on any atom is 0.267 e. The molecule has 10 nitrogen and oxygen atoms in total. The van der Waals surface area contributed by atoms with Gasteiger partial charge in [-0.15, -0.1) is 0 Å². The lowest BCUT2D eigenvalue weighted by Crippen LogP contribution is -2.28. The molecule has 3 aromatic heterocycles. The average Bonchev–Trinajstić information content (AvgIpc) is 3.20. The number of rotatable bonds is 4. The molecule has 12 heteroatoms. The molecule has 1 aromatic carbocycles. The number of hydrogen-bond donors (Lipinski definition) is 4. The predicted molar refractivity (Wildman–Crippen MR) is 107 cm³/mol. The molecular weight excluding hydrogens is 401 g/mol. The minimum absolute atomic E-state index is 0.0155. The second-order valence-corrected chi connectivity index (χ2v) is 6.59. The first-order valence-electron chi connectivity index (χ1n) is 8.42. The Morgan fingerprint density at radius 1 is 1.24 bits per heavy atom. The van der Waals surface area contributed by atoms with Crippen LogP contribution < -0.4 is 22.3 Å². The summed E-state index contributed by atoms with van der Waals surface area (Å²) in [6, 6.07) is 4.83. The third-order valence-electron chi connectivity index (χ3n) is 4.22. The van der Waals surface area contributed by atoms with E-state index in [4.69, 9.17) is 23.1 Å². The number of nitrogens with one attached hydrogen (secondary N) is 2. The lowest BCUT2D eigenvalue weighted by Gasteiger charge is -2.20. The molecule has 0 aliphatic heterocycles. The number of aromatic amines is 1. The molecule has 1 atom stereocenters. The van der Waals surface area contributed by atoms with Crippen molar-refractivity contribution in [3.8, 4) is 5.82 Å². The maximum absolute atomic E-state index is 13.7. The van der Waals surface area contributed by atoms with Crippen LogP contribution in [0.5, 0.6) is 0 Å². The quantitative estimate of drug-likeness (QED) is 0.394. The van der Waals surface area contributed by atoms with Crippen molar-refractivity contribution in [1.29, 1.82) is 0 Å². The first-order valence-corrected chi connectivity index (χ1v) is 8.80. The van der Waals surface area contributed by atoms with Crippen molar-refractivity contribution in [2.24, 2.45) is 0 Å². The van der Waals surface area contributed by atoms with E-state index in [0.29, 0.717) is 17.2 Å². The zero-order chi connectivity index (χ0) is 20.7. The normalized spacial score (nSPS) is 12.2. The van der Waals surface area contributed by atoms with Crippen LogP contribution in [0.4, 0.5) is 22.0 Å². The second kappa shape index (κ2) is 7.02. The third kappa shape index (κ3) is 3.31. The van der Waals surface area contributed by atoms with Crippen LogP contribution in [-0.2, 0) is 0 Å². The van der Waals surface area contributed by atoms with E-state index in [1.54, 1.807) is 13.0 Å². The van der Waals surface area contributed by atoms with Crippen molar-refractivity contribution in [3.05, 3.63) is 57.5 Å². The fraction of sp³-hybridized carbons (Fsp3) is 0.118. The van der Waals surface area contributed by atoms with E-state index in [1.165, 1.54) is 22.9 Å². The van der Waals surface area contributed by atoms with Gasteiger partial charge in [-0.3, -0.25) is 9.89 Å². The molecule has 0 spiro atoms. The summed E-state index contributed by atoms with van der Waals surface area (Å²) in [5.74, 6) is 0.283. The van der Waals surface area contributed by atoms with Gasteiger partial charge in [0.1, 0.15) is 28.3 Å². The molecule has 0 radical (unpaired) electrons. The molecule has 148 valence electrons. The Bertz CT molecular complexity index is 1270. The van der Waals surface area contributed by atoms with Gasteiger partial charge >= 0.3 is 0 Å². The highest BCUT2D eigenvalue weighted by Gasteiger charge is 2.21. The van der Waals surface area contributed by atoms with Crippen LogP contribution in [0.2, 0.25) is 5.02 Å². The van der Waals surface area contributed by atoms with E-state index in [1.807, 2.05) is 0 Å². The molecule has 29 heavy (non-hydrogen) atoms. The lowest BCUT2D eigenvalue weighted by atomic mass is 10.2. The summed E-state index contributed by atoms with van der Waals surface area (Å²) in [7, 11) is 0. The Kier molecular flexibility index (Phi) is 4.51. The van der Waals surface area contributed by atoms with Gasteiger partial charge in [-0.05, 0) is 25.1 Å². The number of benzene rings is 1. The summed E-state index contributed by atoms with van der Waals surface area (Å²) in [6.07, 6.45) is 1.49. The van der Waals surface area contributed by atoms with E-state index in [-0.39, 0.29) is 28.0 Å². The largest absolute Gasteiger partial charge is 0.382 e. The Morgan fingerprint density at radius 3 is 2.76 bits per heavy atom. The number of nitrogen functional groups attached to an aromatic ring is 2. The number of aromatic nitrogens is 6. The Hall–Kier alpha value is -3.73. The first-order chi connectivity index (χ1) is 13.8. The molecule has 0 fully saturated rings. The van der Waals surface area contributed by atoms with Crippen LogP contribution in [-0.4, -0.2) is 29.7 Å². The molecule has 0 unspecified atom stereocenters. The van der Waals surface area contributed by atoms with Gasteiger partial charge in [0.15, 0.2) is 5.82 Å². The number of fused-ring (bicyclic) bond motifs is 1. The minimum Gasteiger partial charge on any atom is -0.382 e. The zero-order valence-corrected chi connectivity index (χ0v) is 15.8. The molecule has 3 heterocycles. The van der Waals surface area contributed by atoms with Crippen LogP contribution >= 0.6 is 11.6 Å². The monoisotopic (exact) mass is 415 g/mol. The highest BCUT2D eigenvalue weighted by molar-refractivity contribution is 6.35. The number of nitrogens with zero attached hydrogens (tertiary/aromatic N) is 5. The smallest absolute Gasteiger partial charge is 0.267 e. The van der Waals surface area contributed by atoms with Crippen LogP contribution in [0.25, 0.3) is 16.7 Å². The van der Waals surface area contributed by atoms with Crippen LogP contribution in [0.1, 0.15) is 18.8 Å². The number of H-pyrrole nitrogens is 1. The fourth-order valence-corrected chi connectivity index (χ4v) is 3.06. The van der Waals surface area contributed by atoms with Crippen LogP contribution in [0.15, 0.2) is 35.3 Å². The molecule has 0 aliphatic carbocycles. The third-order valence-corrected chi connectivity index (χ3v) is 4.59. The minimum atomic E-state index is -0.577. The highest BCUT2D eigenvalue weighted by Crippen LogP contribution is 2.29.